The van der Waals surface area contributed by atoms with Gasteiger partial charge in [-0.3, -0.25) is 4.79 Å². The Hall–Kier alpha value is -0.410. The standard InChI is InChI=1S/C10H19NO2/c1-9(2,3)8-7(12)6-10(4,5)11(8)13/h8,13H,6H2,1-5H3. The Morgan fingerprint density at radius 2 is 1.92 bits per heavy atom. The lowest BCUT2D eigenvalue weighted by molar-refractivity contribution is -0.185. The maximum atomic E-state index is 11.6. The van der Waals surface area contributed by atoms with Gasteiger partial charge in [0.1, 0.15) is 0 Å². The van der Waals surface area contributed by atoms with E-state index >= 15 is 0 Å². The molecule has 1 rings (SSSR count). The van der Waals surface area contributed by atoms with Crippen molar-refractivity contribution in [2.24, 2.45) is 5.41 Å². The average molecular weight is 185 g/mol. The van der Waals surface area contributed by atoms with E-state index in [-0.39, 0.29) is 17.2 Å². The van der Waals surface area contributed by atoms with Crippen LogP contribution in [0.3, 0.4) is 0 Å². The highest BCUT2D eigenvalue weighted by Crippen LogP contribution is 2.37. The van der Waals surface area contributed by atoms with E-state index in [1.807, 2.05) is 34.6 Å². The number of hydrogen-bond acceptors (Lipinski definition) is 3. The van der Waals surface area contributed by atoms with E-state index < -0.39 is 5.54 Å². The van der Waals surface area contributed by atoms with Crippen LogP contribution in [0.15, 0.2) is 0 Å². The molecule has 0 aromatic heterocycles. The monoisotopic (exact) mass is 185 g/mol. The second kappa shape index (κ2) is 2.79. The van der Waals surface area contributed by atoms with Crippen molar-refractivity contribution in [3.05, 3.63) is 0 Å². The molecule has 0 spiro atoms. The first kappa shape index (κ1) is 10.7. The highest BCUT2D eigenvalue weighted by Gasteiger charge is 2.49. The van der Waals surface area contributed by atoms with Crippen LogP contribution < -0.4 is 0 Å². The topological polar surface area (TPSA) is 40.5 Å². The number of carbonyl (C=O) groups is 1. The molecule has 76 valence electrons. The van der Waals surface area contributed by atoms with Gasteiger partial charge in [0.15, 0.2) is 5.78 Å². The summed E-state index contributed by atoms with van der Waals surface area (Å²) in [5.41, 5.74) is -0.603. The predicted molar refractivity (Wildman–Crippen MR) is 50.6 cm³/mol. The smallest absolute Gasteiger partial charge is 0.154 e. The third-order valence-electron chi connectivity index (χ3n) is 2.60. The van der Waals surface area contributed by atoms with Crippen LogP contribution in [0.5, 0.6) is 0 Å². The fraction of sp³-hybridized carbons (Fsp3) is 0.900. The lowest BCUT2D eigenvalue weighted by Crippen LogP contribution is -2.47. The zero-order valence-corrected chi connectivity index (χ0v) is 9.09. The summed E-state index contributed by atoms with van der Waals surface area (Å²) >= 11 is 0. The zero-order chi connectivity index (χ0) is 10.4. The summed E-state index contributed by atoms with van der Waals surface area (Å²) in [7, 11) is 0. The van der Waals surface area contributed by atoms with Crippen molar-refractivity contribution < 1.29 is 10.0 Å². The van der Waals surface area contributed by atoms with Gasteiger partial charge in [-0.1, -0.05) is 20.8 Å². The van der Waals surface area contributed by atoms with Gasteiger partial charge in [-0.2, -0.15) is 5.06 Å². The molecular formula is C10H19NO2. The summed E-state index contributed by atoms with van der Waals surface area (Å²) < 4.78 is 0. The number of hydrogen-bond donors (Lipinski definition) is 1. The van der Waals surface area contributed by atoms with Crippen LogP contribution in [0, 0.1) is 5.41 Å². The van der Waals surface area contributed by atoms with Crippen molar-refractivity contribution in [3.8, 4) is 0 Å². The number of rotatable bonds is 0. The molecule has 1 aliphatic heterocycles. The van der Waals surface area contributed by atoms with Gasteiger partial charge in [-0.15, -0.1) is 0 Å². The van der Waals surface area contributed by atoms with E-state index in [1.54, 1.807) is 0 Å². The number of Topliss-reactive ketones (excluding diaryl/α,β-unsaturated/α-hetero) is 1. The number of ketones is 1. The van der Waals surface area contributed by atoms with Crippen molar-refractivity contribution >= 4 is 5.78 Å². The Morgan fingerprint density at radius 3 is 2.08 bits per heavy atom. The average Bonchev–Trinajstić information content (AvgIpc) is 1.99. The van der Waals surface area contributed by atoms with Crippen molar-refractivity contribution in [1.29, 1.82) is 0 Å². The van der Waals surface area contributed by atoms with Gasteiger partial charge in [-0.05, 0) is 19.3 Å². The number of nitrogens with zero attached hydrogens (tertiary/aromatic N) is 1. The highest BCUT2D eigenvalue weighted by molar-refractivity contribution is 5.88. The molecule has 0 bridgehead atoms. The van der Waals surface area contributed by atoms with Crippen LogP contribution in [0.25, 0.3) is 0 Å². The van der Waals surface area contributed by atoms with Gasteiger partial charge in [-0.25, -0.2) is 0 Å². The zero-order valence-electron chi connectivity index (χ0n) is 9.09. The second-order valence-corrected chi connectivity index (χ2v) is 5.57. The first-order chi connectivity index (χ1) is 5.66. The molecule has 1 atom stereocenters. The molecule has 3 nitrogen and oxygen atoms in total. The fourth-order valence-corrected chi connectivity index (χ4v) is 1.94. The molecule has 1 aliphatic rings. The number of hydroxylamine groups is 2. The van der Waals surface area contributed by atoms with E-state index in [9.17, 15) is 10.0 Å². The normalized spacial score (nSPS) is 29.7. The van der Waals surface area contributed by atoms with Gasteiger partial charge < -0.3 is 5.21 Å². The SMILES string of the molecule is CC(C)(C)C1C(=O)CC(C)(C)N1O. The quantitative estimate of drug-likeness (QED) is 0.626. The van der Waals surface area contributed by atoms with Crippen molar-refractivity contribution in [2.75, 3.05) is 0 Å². The second-order valence-electron chi connectivity index (χ2n) is 5.57. The lowest BCUT2D eigenvalue weighted by Gasteiger charge is -2.34. The van der Waals surface area contributed by atoms with Gasteiger partial charge in [0, 0.05) is 12.0 Å². The van der Waals surface area contributed by atoms with Crippen LogP contribution in [-0.4, -0.2) is 27.6 Å². The maximum Gasteiger partial charge on any atom is 0.154 e. The minimum absolute atomic E-state index is 0.139. The Kier molecular flexibility index (Phi) is 2.29. The van der Waals surface area contributed by atoms with Gasteiger partial charge >= 0.3 is 0 Å². The van der Waals surface area contributed by atoms with Crippen LogP contribution in [0.4, 0.5) is 0 Å². The molecule has 1 heterocycles. The van der Waals surface area contributed by atoms with E-state index in [4.69, 9.17) is 0 Å². The van der Waals surface area contributed by atoms with Crippen LogP contribution in [-0.2, 0) is 4.79 Å². The van der Waals surface area contributed by atoms with Crippen molar-refractivity contribution in [1.82, 2.24) is 5.06 Å². The molecule has 0 saturated carbocycles. The molecule has 13 heavy (non-hydrogen) atoms. The van der Waals surface area contributed by atoms with Crippen LogP contribution >= 0.6 is 0 Å². The van der Waals surface area contributed by atoms with Crippen LogP contribution in [0.1, 0.15) is 41.0 Å². The molecule has 0 aliphatic carbocycles. The summed E-state index contributed by atoms with van der Waals surface area (Å²) in [6, 6.07) is -0.359. The Bertz CT molecular complexity index is 228. The molecule has 0 aromatic carbocycles. The molecule has 1 N–H and O–H groups in total. The molecule has 3 heteroatoms. The lowest BCUT2D eigenvalue weighted by atomic mass is 9.85. The molecule has 0 aromatic rings. The highest BCUT2D eigenvalue weighted by atomic mass is 16.5. The minimum Gasteiger partial charge on any atom is -0.313 e. The van der Waals surface area contributed by atoms with E-state index in [0.29, 0.717) is 6.42 Å². The summed E-state index contributed by atoms with van der Waals surface area (Å²) in [6.07, 6.45) is 0.436. The molecule has 0 radical (unpaired) electrons. The molecule has 1 fully saturated rings. The van der Waals surface area contributed by atoms with E-state index in [1.165, 1.54) is 5.06 Å². The molecular weight excluding hydrogens is 166 g/mol. The van der Waals surface area contributed by atoms with Crippen molar-refractivity contribution in [2.45, 2.75) is 52.6 Å². The molecule has 1 unspecified atom stereocenters. The Labute approximate surface area is 79.7 Å². The predicted octanol–water partition coefficient (Wildman–Crippen LogP) is 1.84. The summed E-state index contributed by atoms with van der Waals surface area (Å²) in [5.74, 6) is 0.139. The first-order valence-corrected chi connectivity index (χ1v) is 4.67. The summed E-state index contributed by atoms with van der Waals surface area (Å²) in [5, 5.41) is 11.1. The maximum absolute atomic E-state index is 11.6. The van der Waals surface area contributed by atoms with Gasteiger partial charge in [0.05, 0.1) is 6.04 Å². The molecule has 1 saturated heterocycles. The fourth-order valence-electron chi connectivity index (χ4n) is 1.94. The minimum atomic E-state index is -0.408. The van der Waals surface area contributed by atoms with Crippen LogP contribution in [0.2, 0.25) is 0 Å². The first-order valence-electron chi connectivity index (χ1n) is 4.67. The van der Waals surface area contributed by atoms with Crippen molar-refractivity contribution in [3.63, 3.8) is 0 Å². The third-order valence-corrected chi connectivity index (χ3v) is 2.60. The van der Waals surface area contributed by atoms with E-state index in [0.717, 1.165) is 0 Å². The largest absolute Gasteiger partial charge is 0.313 e. The van der Waals surface area contributed by atoms with E-state index in [2.05, 4.69) is 0 Å². The third kappa shape index (κ3) is 1.76. The number of carbonyl (C=O) groups excluding carboxylic acids is 1. The Morgan fingerprint density at radius 1 is 1.46 bits per heavy atom. The van der Waals surface area contributed by atoms with Gasteiger partial charge in [0.2, 0.25) is 0 Å². The summed E-state index contributed by atoms with van der Waals surface area (Å²) in [6.45, 7) is 9.69. The molecule has 0 amide bonds. The van der Waals surface area contributed by atoms with Gasteiger partial charge in [0.25, 0.3) is 0 Å². The Balaban J connectivity index is 2.96. The summed E-state index contributed by atoms with van der Waals surface area (Å²) in [4.78, 5) is 11.6.